The molecule has 1 unspecified atom stereocenters. The van der Waals surface area contributed by atoms with Crippen LogP contribution < -0.4 is 4.90 Å². The second kappa shape index (κ2) is 4.19. The van der Waals surface area contributed by atoms with E-state index < -0.39 is 0 Å². The van der Waals surface area contributed by atoms with Gasteiger partial charge in [-0.05, 0) is 19.1 Å². The minimum atomic E-state index is 0.427. The van der Waals surface area contributed by atoms with Gasteiger partial charge in [-0.3, -0.25) is 0 Å². The smallest absolute Gasteiger partial charge is 0.0930 e. The molecule has 1 atom stereocenters. The molecule has 3 nitrogen and oxygen atoms in total. The summed E-state index contributed by atoms with van der Waals surface area (Å²) in [6.45, 7) is 4.69. The van der Waals surface area contributed by atoms with E-state index in [1.54, 1.807) is 0 Å². The van der Waals surface area contributed by atoms with Crippen LogP contribution in [0.4, 0.5) is 5.69 Å². The van der Waals surface area contributed by atoms with Crippen LogP contribution >= 0.6 is 12.6 Å². The topological polar surface area (TPSA) is 25.4 Å². The van der Waals surface area contributed by atoms with E-state index in [0.29, 0.717) is 6.04 Å². The second-order valence-electron chi connectivity index (χ2n) is 3.49. The highest BCUT2D eigenvalue weighted by molar-refractivity contribution is 7.80. The summed E-state index contributed by atoms with van der Waals surface area (Å²) in [6.07, 6.45) is 1.87. The molecule has 1 aliphatic rings. The Hall–Kier alpha value is -0.740. The fourth-order valence-corrected chi connectivity index (χ4v) is 1.79. The fourth-order valence-electron chi connectivity index (χ4n) is 1.66. The Morgan fingerprint density at radius 3 is 3.07 bits per heavy atom. The van der Waals surface area contributed by atoms with Crippen molar-refractivity contribution in [3.63, 3.8) is 0 Å². The number of pyridine rings is 1. The molecule has 0 amide bonds. The molecule has 0 N–H and O–H groups in total. The Kier molecular flexibility index (Phi) is 2.93. The first-order chi connectivity index (χ1) is 6.77. The summed E-state index contributed by atoms with van der Waals surface area (Å²) in [5, 5.41) is 0.759. The summed E-state index contributed by atoms with van der Waals surface area (Å²) in [6, 6.07) is 4.40. The van der Waals surface area contributed by atoms with Crippen LogP contribution in [-0.2, 0) is 4.74 Å². The molecule has 0 spiro atoms. The third kappa shape index (κ3) is 2.01. The SMILES string of the molecule is CC1COCCN1c1ccc(S)nc1. The molecule has 14 heavy (non-hydrogen) atoms. The third-order valence-electron chi connectivity index (χ3n) is 2.43. The van der Waals surface area contributed by atoms with Crippen molar-refractivity contribution in [2.24, 2.45) is 0 Å². The first-order valence-corrected chi connectivity index (χ1v) is 5.21. The summed E-state index contributed by atoms with van der Waals surface area (Å²) < 4.78 is 5.38. The van der Waals surface area contributed by atoms with Gasteiger partial charge in [0.2, 0.25) is 0 Å². The average molecular weight is 210 g/mol. The van der Waals surface area contributed by atoms with Gasteiger partial charge in [-0.15, -0.1) is 12.6 Å². The van der Waals surface area contributed by atoms with Crippen LogP contribution in [0.15, 0.2) is 23.4 Å². The Labute approximate surface area is 89.5 Å². The van der Waals surface area contributed by atoms with Crippen molar-refractivity contribution >= 4 is 18.3 Å². The van der Waals surface area contributed by atoms with Gasteiger partial charge in [0.05, 0.1) is 30.1 Å². The highest BCUT2D eigenvalue weighted by atomic mass is 32.1. The molecule has 0 aliphatic carbocycles. The number of anilines is 1. The Morgan fingerprint density at radius 1 is 1.57 bits per heavy atom. The molecule has 1 aromatic rings. The monoisotopic (exact) mass is 210 g/mol. The Bertz CT molecular complexity index is 301. The average Bonchev–Trinajstić information content (AvgIpc) is 2.20. The van der Waals surface area contributed by atoms with Crippen LogP contribution in [0.2, 0.25) is 0 Å². The molecule has 0 bridgehead atoms. The van der Waals surface area contributed by atoms with E-state index in [1.165, 1.54) is 0 Å². The van der Waals surface area contributed by atoms with E-state index in [9.17, 15) is 0 Å². The van der Waals surface area contributed by atoms with E-state index in [1.807, 2.05) is 12.3 Å². The van der Waals surface area contributed by atoms with Gasteiger partial charge in [0, 0.05) is 12.6 Å². The quantitative estimate of drug-likeness (QED) is 0.713. The number of nitrogens with zero attached hydrogens (tertiary/aromatic N) is 2. The first kappa shape index (κ1) is 9.80. The number of rotatable bonds is 1. The summed E-state index contributed by atoms with van der Waals surface area (Å²) >= 11 is 4.16. The highest BCUT2D eigenvalue weighted by Crippen LogP contribution is 2.19. The number of thiol groups is 1. The predicted octanol–water partition coefficient (Wildman–Crippen LogP) is 1.60. The third-order valence-corrected chi connectivity index (χ3v) is 2.70. The summed E-state index contributed by atoms with van der Waals surface area (Å²) in [4.78, 5) is 6.48. The van der Waals surface area contributed by atoms with Gasteiger partial charge in [-0.1, -0.05) is 0 Å². The van der Waals surface area contributed by atoms with Crippen LogP contribution in [0.3, 0.4) is 0 Å². The van der Waals surface area contributed by atoms with Crippen LogP contribution in [-0.4, -0.2) is 30.8 Å². The van der Waals surface area contributed by atoms with Crippen LogP contribution in [0.1, 0.15) is 6.92 Å². The normalized spacial score (nSPS) is 22.4. The van der Waals surface area contributed by atoms with Gasteiger partial charge in [0.25, 0.3) is 0 Å². The van der Waals surface area contributed by atoms with Crippen molar-refractivity contribution in [1.82, 2.24) is 4.98 Å². The zero-order valence-corrected chi connectivity index (χ0v) is 9.08. The minimum absolute atomic E-state index is 0.427. The van der Waals surface area contributed by atoms with Gasteiger partial charge >= 0.3 is 0 Å². The Morgan fingerprint density at radius 2 is 2.43 bits per heavy atom. The molecular weight excluding hydrogens is 196 g/mol. The molecule has 0 saturated carbocycles. The van der Waals surface area contributed by atoms with Crippen LogP contribution in [0, 0.1) is 0 Å². The zero-order valence-electron chi connectivity index (χ0n) is 8.18. The van der Waals surface area contributed by atoms with E-state index in [0.717, 1.165) is 30.5 Å². The van der Waals surface area contributed by atoms with Crippen molar-refractivity contribution in [2.75, 3.05) is 24.7 Å². The standard InChI is InChI=1S/C10H14N2OS/c1-8-7-13-5-4-12(8)9-2-3-10(14)11-6-9/h2-3,6,8H,4-5,7H2,1H3,(H,11,14). The van der Waals surface area contributed by atoms with Crippen molar-refractivity contribution in [3.05, 3.63) is 18.3 Å². The number of hydrogen-bond donors (Lipinski definition) is 1. The number of aromatic nitrogens is 1. The summed E-state index contributed by atoms with van der Waals surface area (Å²) in [5.41, 5.74) is 1.15. The second-order valence-corrected chi connectivity index (χ2v) is 3.95. The van der Waals surface area contributed by atoms with Gasteiger partial charge in [0.15, 0.2) is 0 Å². The van der Waals surface area contributed by atoms with Gasteiger partial charge in [-0.2, -0.15) is 0 Å². The largest absolute Gasteiger partial charge is 0.377 e. The molecule has 1 saturated heterocycles. The molecule has 4 heteroatoms. The molecule has 2 rings (SSSR count). The lowest BCUT2D eigenvalue weighted by Gasteiger charge is -2.34. The first-order valence-electron chi connectivity index (χ1n) is 4.77. The molecular formula is C10H14N2OS. The van der Waals surface area contributed by atoms with Crippen molar-refractivity contribution in [3.8, 4) is 0 Å². The van der Waals surface area contributed by atoms with E-state index in [-0.39, 0.29) is 0 Å². The van der Waals surface area contributed by atoms with Crippen molar-refractivity contribution in [1.29, 1.82) is 0 Å². The van der Waals surface area contributed by atoms with Gasteiger partial charge in [0.1, 0.15) is 0 Å². The van der Waals surface area contributed by atoms with Crippen LogP contribution in [0.5, 0.6) is 0 Å². The molecule has 0 aromatic carbocycles. The Balaban J connectivity index is 2.16. The zero-order chi connectivity index (χ0) is 9.97. The maximum atomic E-state index is 5.38. The fraction of sp³-hybridized carbons (Fsp3) is 0.500. The molecule has 1 aromatic heterocycles. The minimum Gasteiger partial charge on any atom is -0.377 e. The number of hydrogen-bond acceptors (Lipinski definition) is 4. The maximum Gasteiger partial charge on any atom is 0.0930 e. The van der Waals surface area contributed by atoms with E-state index in [2.05, 4.69) is 35.5 Å². The lowest BCUT2D eigenvalue weighted by molar-refractivity contribution is 0.0989. The van der Waals surface area contributed by atoms with Crippen LogP contribution in [0.25, 0.3) is 0 Å². The highest BCUT2D eigenvalue weighted by Gasteiger charge is 2.18. The van der Waals surface area contributed by atoms with Gasteiger partial charge < -0.3 is 9.64 Å². The molecule has 1 aliphatic heterocycles. The summed E-state index contributed by atoms with van der Waals surface area (Å²) in [5.74, 6) is 0. The summed E-state index contributed by atoms with van der Waals surface area (Å²) in [7, 11) is 0. The number of morpholine rings is 1. The lowest BCUT2D eigenvalue weighted by Crippen LogP contribution is -2.43. The van der Waals surface area contributed by atoms with Crippen molar-refractivity contribution < 1.29 is 4.74 Å². The van der Waals surface area contributed by atoms with Crippen molar-refractivity contribution in [2.45, 2.75) is 18.0 Å². The lowest BCUT2D eigenvalue weighted by atomic mass is 10.2. The predicted molar refractivity (Wildman–Crippen MR) is 59.1 cm³/mol. The van der Waals surface area contributed by atoms with Gasteiger partial charge in [-0.25, -0.2) is 4.98 Å². The molecule has 0 radical (unpaired) electrons. The maximum absolute atomic E-state index is 5.38. The molecule has 1 fully saturated rings. The molecule has 76 valence electrons. The van der Waals surface area contributed by atoms with E-state index in [4.69, 9.17) is 4.74 Å². The molecule has 2 heterocycles. The van der Waals surface area contributed by atoms with E-state index >= 15 is 0 Å². The number of ether oxygens (including phenoxy) is 1.